The zero-order valence-electron chi connectivity index (χ0n) is 15.6. The van der Waals surface area contributed by atoms with Crippen molar-refractivity contribution in [2.75, 3.05) is 25.5 Å². The molecule has 0 unspecified atom stereocenters. The number of carbonyl (C=O) groups is 2. The molecule has 0 saturated carbocycles. The van der Waals surface area contributed by atoms with Crippen molar-refractivity contribution in [2.24, 2.45) is 5.73 Å². The maximum Gasteiger partial charge on any atom is 0.332 e. The third-order valence-electron chi connectivity index (χ3n) is 5.15. The van der Waals surface area contributed by atoms with Crippen LogP contribution in [0, 0.1) is 0 Å². The molecule has 3 amide bonds. The molecule has 142 valence electrons. The van der Waals surface area contributed by atoms with Gasteiger partial charge in [0.25, 0.3) is 5.91 Å². The highest BCUT2D eigenvalue weighted by Crippen LogP contribution is 2.30. The lowest BCUT2D eigenvalue weighted by molar-refractivity contribution is -0.120. The van der Waals surface area contributed by atoms with Crippen molar-refractivity contribution in [1.82, 2.24) is 19.4 Å². The number of carbonyl (C=O) groups excluding carboxylic acids is 2. The van der Waals surface area contributed by atoms with Crippen LogP contribution in [0.25, 0.3) is 5.69 Å². The molecule has 0 radical (unpaired) electrons. The third-order valence-corrected chi connectivity index (χ3v) is 5.15. The monoisotopic (exact) mass is 368 g/mol. The lowest BCUT2D eigenvalue weighted by Crippen LogP contribution is -2.52. The highest BCUT2D eigenvalue weighted by Gasteiger charge is 2.49. The van der Waals surface area contributed by atoms with Gasteiger partial charge in [-0.25, -0.2) is 14.7 Å². The van der Waals surface area contributed by atoms with Crippen LogP contribution in [0.1, 0.15) is 18.7 Å². The maximum absolute atomic E-state index is 12.8. The summed E-state index contributed by atoms with van der Waals surface area (Å²) in [7, 11) is 3.98. The van der Waals surface area contributed by atoms with Gasteiger partial charge in [-0.2, -0.15) is 0 Å². The number of benzene rings is 1. The van der Waals surface area contributed by atoms with E-state index in [0.717, 1.165) is 24.4 Å². The fraction of sp³-hybridized carbons (Fsp3) is 0.421. The van der Waals surface area contributed by atoms with Crippen molar-refractivity contribution in [3.8, 4) is 5.69 Å². The second-order valence-electron chi connectivity index (χ2n) is 7.37. The second-order valence-corrected chi connectivity index (χ2v) is 7.37. The Hall–Kier alpha value is -2.71. The first-order valence-electron chi connectivity index (χ1n) is 9.15. The Balaban J connectivity index is 1.61. The topological polar surface area (TPSA) is 87.7 Å². The number of imidazole rings is 1. The zero-order chi connectivity index (χ0) is 19.1. The van der Waals surface area contributed by atoms with E-state index in [0.29, 0.717) is 18.8 Å². The number of imide groups is 1. The lowest BCUT2D eigenvalue weighted by Gasteiger charge is -2.31. The molecular formula is C19H24N6O2. The van der Waals surface area contributed by atoms with Gasteiger partial charge < -0.3 is 20.1 Å². The number of hydrogen-bond acceptors (Lipinski definition) is 5. The van der Waals surface area contributed by atoms with E-state index in [2.05, 4.69) is 4.98 Å². The number of hydrogen-bond donors (Lipinski definition) is 1. The van der Waals surface area contributed by atoms with Gasteiger partial charge in [0.2, 0.25) is 0 Å². The molecule has 1 aromatic carbocycles. The number of aromatic nitrogens is 2. The number of anilines is 1. The molecule has 2 aliphatic rings. The summed E-state index contributed by atoms with van der Waals surface area (Å²) in [5.74, 6) is 0.694. The minimum atomic E-state index is -0.536. The van der Waals surface area contributed by atoms with Gasteiger partial charge in [-0.3, -0.25) is 4.79 Å². The summed E-state index contributed by atoms with van der Waals surface area (Å²) >= 11 is 0. The Morgan fingerprint density at radius 1 is 1.19 bits per heavy atom. The summed E-state index contributed by atoms with van der Waals surface area (Å²) < 4.78 is 2.00. The smallest absolute Gasteiger partial charge is 0.325 e. The quantitative estimate of drug-likeness (QED) is 0.819. The van der Waals surface area contributed by atoms with E-state index < -0.39 is 6.04 Å². The van der Waals surface area contributed by atoms with Gasteiger partial charge >= 0.3 is 6.03 Å². The number of piperidine rings is 1. The molecule has 2 atom stereocenters. The Bertz CT molecular complexity index is 859. The number of fused-ring (bicyclic) bond motifs is 1. The summed E-state index contributed by atoms with van der Waals surface area (Å²) in [4.78, 5) is 34.9. The summed E-state index contributed by atoms with van der Waals surface area (Å²) in [6.07, 6.45) is 5.26. The van der Waals surface area contributed by atoms with Crippen LogP contribution in [0.5, 0.6) is 0 Å². The van der Waals surface area contributed by atoms with Crippen LogP contribution in [0.3, 0.4) is 0 Å². The normalized spacial score (nSPS) is 22.7. The Morgan fingerprint density at radius 3 is 2.56 bits per heavy atom. The average Bonchev–Trinajstić information content (AvgIpc) is 3.18. The predicted octanol–water partition coefficient (Wildman–Crippen LogP) is 1.19. The van der Waals surface area contributed by atoms with E-state index >= 15 is 0 Å². The van der Waals surface area contributed by atoms with E-state index in [4.69, 9.17) is 5.73 Å². The van der Waals surface area contributed by atoms with Crippen molar-refractivity contribution in [2.45, 2.75) is 31.5 Å². The Labute approximate surface area is 158 Å². The van der Waals surface area contributed by atoms with Crippen LogP contribution in [-0.4, -0.2) is 64.0 Å². The predicted molar refractivity (Wildman–Crippen MR) is 102 cm³/mol. The molecule has 8 nitrogen and oxygen atoms in total. The molecule has 0 spiro atoms. The number of amides is 3. The molecule has 4 rings (SSSR count). The van der Waals surface area contributed by atoms with Gasteiger partial charge in [0, 0.05) is 30.7 Å². The van der Waals surface area contributed by atoms with Gasteiger partial charge in [0.15, 0.2) is 0 Å². The second kappa shape index (κ2) is 6.79. The number of nitrogens with zero attached hydrogens (tertiary/aromatic N) is 5. The van der Waals surface area contributed by atoms with Crippen molar-refractivity contribution >= 4 is 17.6 Å². The van der Waals surface area contributed by atoms with Crippen LogP contribution in [0.2, 0.25) is 0 Å². The van der Waals surface area contributed by atoms with Gasteiger partial charge in [0.05, 0.1) is 12.2 Å². The van der Waals surface area contributed by atoms with Crippen molar-refractivity contribution < 1.29 is 9.59 Å². The molecular weight excluding hydrogens is 344 g/mol. The molecule has 0 bridgehead atoms. The van der Waals surface area contributed by atoms with E-state index in [-0.39, 0.29) is 18.0 Å². The first-order chi connectivity index (χ1) is 13.0. The molecule has 2 fully saturated rings. The number of nitrogens with two attached hydrogens (primary N) is 1. The Morgan fingerprint density at radius 2 is 1.89 bits per heavy atom. The molecule has 2 saturated heterocycles. The summed E-state index contributed by atoms with van der Waals surface area (Å²) in [6, 6.07) is 6.29. The largest absolute Gasteiger partial charge is 0.332 e. The molecule has 2 aliphatic heterocycles. The fourth-order valence-corrected chi connectivity index (χ4v) is 3.88. The Kier molecular flexibility index (Phi) is 4.45. The van der Waals surface area contributed by atoms with E-state index in [1.54, 1.807) is 23.2 Å². The summed E-state index contributed by atoms with van der Waals surface area (Å²) in [5, 5.41) is 0. The van der Waals surface area contributed by atoms with Crippen LogP contribution >= 0.6 is 0 Å². The van der Waals surface area contributed by atoms with Crippen molar-refractivity contribution in [1.29, 1.82) is 0 Å². The summed E-state index contributed by atoms with van der Waals surface area (Å²) in [6.45, 7) is 1.30. The molecule has 2 aromatic rings. The number of urea groups is 1. The highest BCUT2D eigenvalue weighted by molar-refractivity contribution is 6.21. The summed E-state index contributed by atoms with van der Waals surface area (Å²) in [5.41, 5.74) is 7.61. The molecule has 2 N–H and O–H groups in total. The zero-order valence-corrected chi connectivity index (χ0v) is 15.6. The van der Waals surface area contributed by atoms with E-state index in [1.807, 2.05) is 41.9 Å². The molecule has 8 heteroatoms. The minimum absolute atomic E-state index is 0.226. The minimum Gasteiger partial charge on any atom is -0.325 e. The standard InChI is InChI=1S/C19H24N6O2/c1-22(2)12-16-21-9-11-23(16)13-5-7-14(8-6-13)25-18(26)17-15(20)4-3-10-24(17)19(25)27/h5-9,11,15,17H,3-4,10,12,20H2,1-2H3/t15-,17+/m1/s1. The van der Waals surface area contributed by atoms with Crippen LogP contribution in [0.4, 0.5) is 10.5 Å². The molecule has 1 aromatic heterocycles. The number of rotatable bonds is 4. The van der Waals surface area contributed by atoms with Crippen molar-refractivity contribution in [3.63, 3.8) is 0 Å². The first-order valence-corrected chi connectivity index (χ1v) is 9.15. The van der Waals surface area contributed by atoms with E-state index in [9.17, 15) is 9.59 Å². The van der Waals surface area contributed by atoms with Crippen LogP contribution < -0.4 is 10.6 Å². The maximum atomic E-state index is 12.8. The average molecular weight is 368 g/mol. The third kappa shape index (κ3) is 3.00. The highest BCUT2D eigenvalue weighted by atomic mass is 16.2. The van der Waals surface area contributed by atoms with Gasteiger partial charge in [-0.05, 0) is 51.2 Å². The SMILES string of the molecule is CN(C)Cc1nccn1-c1ccc(N2C(=O)[C@@H]3[C@H](N)CCCN3C2=O)cc1. The molecule has 0 aliphatic carbocycles. The first kappa shape index (κ1) is 17.7. The fourth-order valence-electron chi connectivity index (χ4n) is 3.88. The molecule has 27 heavy (non-hydrogen) atoms. The van der Waals surface area contributed by atoms with Crippen molar-refractivity contribution in [3.05, 3.63) is 42.5 Å². The van der Waals surface area contributed by atoms with Gasteiger partial charge in [-0.1, -0.05) is 0 Å². The lowest BCUT2D eigenvalue weighted by atomic mass is 9.98. The molecule has 3 heterocycles. The van der Waals surface area contributed by atoms with Gasteiger partial charge in [-0.15, -0.1) is 0 Å². The van der Waals surface area contributed by atoms with Crippen LogP contribution in [0.15, 0.2) is 36.7 Å². The van der Waals surface area contributed by atoms with E-state index in [1.165, 1.54) is 4.90 Å². The van der Waals surface area contributed by atoms with Gasteiger partial charge in [0.1, 0.15) is 11.9 Å². The van der Waals surface area contributed by atoms with Crippen LogP contribution in [-0.2, 0) is 11.3 Å².